The summed E-state index contributed by atoms with van der Waals surface area (Å²) in [5, 5.41) is 8.89. The minimum atomic E-state index is -1.13. The molecule has 6 heteroatoms. The first-order chi connectivity index (χ1) is 7.59. The molecule has 0 saturated carbocycles. The quantitative estimate of drug-likeness (QED) is 0.789. The number of aryl methyl sites for hydroxylation is 1. The molecular formula is C10H9N3O3. The zero-order valence-corrected chi connectivity index (χ0v) is 8.47. The van der Waals surface area contributed by atoms with Gasteiger partial charge in [-0.3, -0.25) is 0 Å². The fourth-order valence-electron chi connectivity index (χ4n) is 1.38. The smallest absolute Gasteiger partial charge is 0.341 e. The van der Waals surface area contributed by atoms with Crippen molar-refractivity contribution in [1.82, 2.24) is 9.97 Å². The van der Waals surface area contributed by atoms with Gasteiger partial charge >= 0.3 is 5.97 Å². The van der Waals surface area contributed by atoms with Gasteiger partial charge < -0.3 is 15.3 Å². The molecule has 3 N–H and O–H groups in total. The SMILES string of the molecule is Cc1nc(-c2ccoc2)nc(N)c1C(=O)O. The number of furan rings is 1. The molecule has 0 bridgehead atoms. The summed E-state index contributed by atoms with van der Waals surface area (Å²) in [4.78, 5) is 18.9. The normalized spacial score (nSPS) is 10.3. The Kier molecular flexibility index (Phi) is 2.32. The Balaban J connectivity index is 2.58. The van der Waals surface area contributed by atoms with E-state index in [0.29, 0.717) is 17.1 Å². The number of aromatic nitrogens is 2. The first-order valence-corrected chi connectivity index (χ1v) is 4.49. The number of carboxylic acid groups (broad SMARTS) is 1. The molecule has 2 rings (SSSR count). The van der Waals surface area contributed by atoms with Gasteiger partial charge in [0.25, 0.3) is 0 Å². The van der Waals surface area contributed by atoms with Crippen LogP contribution in [0.1, 0.15) is 16.1 Å². The molecule has 0 aliphatic carbocycles. The third-order valence-electron chi connectivity index (χ3n) is 2.11. The van der Waals surface area contributed by atoms with Crippen LogP contribution in [0.25, 0.3) is 11.4 Å². The minimum Gasteiger partial charge on any atom is -0.477 e. The highest BCUT2D eigenvalue weighted by atomic mass is 16.4. The Morgan fingerprint density at radius 1 is 1.50 bits per heavy atom. The summed E-state index contributed by atoms with van der Waals surface area (Å²) in [5.74, 6) is -0.821. The predicted molar refractivity (Wildman–Crippen MR) is 55.8 cm³/mol. The number of hydrogen-bond donors (Lipinski definition) is 2. The molecule has 0 spiro atoms. The largest absolute Gasteiger partial charge is 0.477 e. The van der Waals surface area contributed by atoms with Gasteiger partial charge in [0.15, 0.2) is 5.82 Å². The van der Waals surface area contributed by atoms with Gasteiger partial charge in [0.1, 0.15) is 17.6 Å². The van der Waals surface area contributed by atoms with Crippen molar-refractivity contribution in [2.24, 2.45) is 0 Å². The molecule has 2 heterocycles. The van der Waals surface area contributed by atoms with Gasteiger partial charge in [-0.15, -0.1) is 0 Å². The number of carbonyl (C=O) groups is 1. The maximum atomic E-state index is 10.9. The third-order valence-corrected chi connectivity index (χ3v) is 2.11. The number of aromatic carboxylic acids is 1. The van der Waals surface area contributed by atoms with E-state index >= 15 is 0 Å². The van der Waals surface area contributed by atoms with Crippen LogP contribution in [0.2, 0.25) is 0 Å². The van der Waals surface area contributed by atoms with E-state index in [1.165, 1.54) is 12.5 Å². The summed E-state index contributed by atoms with van der Waals surface area (Å²) in [7, 11) is 0. The molecule has 0 aliphatic rings. The average molecular weight is 219 g/mol. The number of nitrogen functional groups attached to an aromatic ring is 1. The molecule has 0 fully saturated rings. The fourth-order valence-corrected chi connectivity index (χ4v) is 1.38. The van der Waals surface area contributed by atoms with Crippen molar-refractivity contribution < 1.29 is 14.3 Å². The molecule has 0 saturated heterocycles. The molecule has 0 aromatic carbocycles. The van der Waals surface area contributed by atoms with Crippen LogP contribution in [0, 0.1) is 6.92 Å². The molecule has 2 aromatic heterocycles. The lowest BCUT2D eigenvalue weighted by Crippen LogP contribution is -2.10. The molecule has 16 heavy (non-hydrogen) atoms. The number of nitrogens with two attached hydrogens (primary N) is 1. The number of hydrogen-bond acceptors (Lipinski definition) is 5. The van der Waals surface area contributed by atoms with Crippen LogP contribution in [0.15, 0.2) is 23.0 Å². The highest BCUT2D eigenvalue weighted by molar-refractivity contribution is 5.94. The Labute approximate surface area is 90.7 Å². The second-order valence-corrected chi connectivity index (χ2v) is 3.21. The Hall–Kier alpha value is -2.37. The van der Waals surface area contributed by atoms with Crippen LogP contribution < -0.4 is 5.73 Å². The van der Waals surface area contributed by atoms with Crippen LogP contribution in [0.3, 0.4) is 0 Å². The third kappa shape index (κ3) is 1.60. The molecule has 0 unspecified atom stereocenters. The first-order valence-electron chi connectivity index (χ1n) is 4.49. The molecule has 6 nitrogen and oxygen atoms in total. The highest BCUT2D eigenvalue weighted by Crippen LogP contribution is 2.20. The second-order valence-electron chi connectivity index (χ2n) is 3.21. The monoisotopic (exact) mass is 219 g/mol. The van der Waals surface area contributed by atoms with Crippen LogP contribution in [-0.2, 0) is 0 Å². The zero-order chi connectivity index (χ0) is 11.7. The number of carboxylic acids is 1. The van der Waals surface area contributed by atoms with E-state index in [2.05, 4.69) is 9.97 Å². The van der Waals surface area contributed by atoms with Crippen LogP contribution in [-0.4, -0.2) is 21.0 Å². The van der Waals surface area contributed by atoms with Gasteiger partial charge in [0.2, 0.25) is 0 Å². The van der Waals surface area contributed by atoms with E-state index in [1.54, 1.807) is 13.0 Å². The molecular weight excluding hydrogens is 210 g/mol. The Morgan fingerprint density at radius 2 is 2.25 bits per heavy atom. The van der Waals surface area contributed by atoms with Crippen molar-refractivity contribution in [3.8, 4) is 11.4 Å². The van der Waals surface area contributed by atoms with Crippen molar-refractivity contribution >= 4 is 11.8 Å². The lowest BCUT2D eigenvalue weighted by atomic mass is 10.2. The summed E-state index contributed by atoms with van der Waals surface area (Å²) in [5.41, 5.74) is 6.49. The van der Waals surface area contributed by atoms with E-state index in [-0.39, 0.29) is 11.4 Å². The van der Waals surface area contributed by atoms with Crippen molar-refractivity contribution in [1.29, 1.82) is 0 Å². The summed E-state index contributed by atoms with van der Waals surface area (Å²) in [6.07, 6.45) is 2.95. The summed E-state index contributed by atoms with van der Waals surface area (Å²) >= 11 is 0. The number of anilines is 1. The Morgan fingerprint density at radius 3 is 2.75 bits per heavy atom. The van der Waals surface area contributed by atoms with E-state index < -0.39 is 5.97 Å². The van der Waals surface area contributed by atoms with Crippen molar-refractivity contribution in [2.75, 3.05) is 5.73 Å². The average Bonchev–Trinajstić information content (AvgIpc) is 2.67. The molecule has 82 valence electrons. The van der Waals surface area contributed by atoms with Gasteiger partial charge in [-0.05, 0) is 13.0 Å². The maximum absolute atomic E-state index is 10.9. The van der Waals surface area contributed by atoms with E-state index in [4.69, 9.17) is 15.3 Å². The minimum absolute atomic E-state index is 0.0452. The Bertz CT molecular complexity index is 511. The maximum Gasteiger partial charge on any atom is 0.341 e. The van der Waals surface area contributed by atoms with E-state index in [0.717, 1.165) is 0 Å². The van der Waals surface area contributed by atoms with Gasteiger partial charge in [-0.1, -0.05) is 0 Å². The van der Waals surface area contributed by atoms with Crippen molar-refractivity contribution in [3.63, 3.8) is 0 Å². The van der Waals surface area contributed by atoms with Gasteiger partial charge in [0, 0.05) is 0 Å². The van der Waals surface area contributed by atoms with Crippen molar-refractivity contribution in [3.05, 3.63) is 29.9 Å². The first kappa shape index (κ1) is 10.2. The standard InChI is InChI=1S/C10H9N3O3/c1-5-7(10(14)15)8(11)13-9(12-5)6-2-3-16-4-6/h2-4H,1H3,(H,14,15)(H2,11,12,13). The fraction of sp³-hybridized carbons (Fsp3) is 0.100. The van der Waals surface area contributed by atoms with Crippen LogP contribution >= 0.6 is 0 Å². The van der Waals surface area contributed by atoms with E-state index in [1.807, 2.05) is 0 Å². The van der Waals surface area contributed by atoms with Crippen LogP contribution in [0.4, 0.5) is 5.82 Å². The lowest BCUT2D eigenvalue weighted by molar-refractivity contribution is 0.0696. The number of rotatable bonds is 2. The number of nitrogens with zero attached hydrogens (tertiary/aromatic N) is 2. The zero-order valence-electron chi connectivity index (χ0n) is 8.47. The predicted octanol–water partition coefficient (Wildman–Crippen LogP) is 1.33. The summed E-state index contributed by atoms with van der Waals surface area (Å²) in [6, 6.07) is 1.68. The van der Waals surface area contributed by atoms with Gasteiger partial charge in [-0.2, -0.15) is 0 Å². The van der Waals surface area contributed by atoms with Gasteiger partial charge in [-0.25, -0.2) is 14.8 Å². The van der Waals surface area contributed by atoms with Crippen molar-refractivity contribution in [2.45, 2.75) is 6.92 Å². The second kappa shape index (κ2) is 3.65. The van der Waals surface area contributed by atoms with Crippen LogP contribution in [0.5, 0.6) is 0 Å². The molecule has 0 amide bonds. The molecule has 0 radical (unpaired) electrons. The molecule has 0 aliphatic heterocycles. The summed E-state index contributed by atoms with van der Waals surface area (Å²) < 4.78 is 4.89. The molecule has 0 atom stereocenters. The highest BCUT2D eigenvalue weighted by Gasteiger charge is 2.16. The topological polar surface area (TPSA) is 102 Å². The summed E-state index contributed by atoms with van der Waals surface area (Å²) in [6.45, 7) is 1.57. The lowest BCUT2D eigenvalue weighted by Gasteiger charge is -2.05. The van der Waals surface area contributed by atoms with E-state index in [9.17, 15) is 4.79 Å². The van der Waals surface area contributed by atoms with Gasteiger partial charge in [0.05, 0.1) is 17.5 Å². The molecule has 2 aromatic rings.